The Morgan fingerprint density at radius 2 is 2.07 bits per heavy atom. The number of aliphatic carboxylic acids is 1. The van der Waals surface area contributed by atoms with E-state index in [0.717, 1.165) is 30.4 Å². The third-order valence-electron chi connectivity index (χ3n) is 4.84. The van der Waals surface area contributed by atoms with E-state index in [1.165, 1.54) is 5.56 Å². The van der Waals surface area contributed by atoms with Gasteiger partial charge in [-0.05, 0) is 42.6 Å². The number of hydrogen-bond acceptors (Lipinski definition) is 6. The summed E-state index contributed by atoms with van der Waals surface area (Å²) in [5, 5.41) is 14.5. The third kappa shape index (κ3) is 4.19. The van der Waals surface area contributed by atoms with Gasteiger partial charge < -0.3 is 20.1 Å². The quantitative estimate of drug-likeness (QED) is 0.691. The minimum absolute atomic E-state index is 0.0896. The molecule has 0 bridgehead atoms. The molecule has 3 N–H and O–H groups in total. The fourth-order valence-electron chi connectivity index (χ4n) is 3.02. The van der Waals surface area contributed by atoms with Crippen LogP contribution >= 0.6 is 0 Å². The van der Waals surface area contributed by atoms with Gasteiger partial charge in [-0.25, -0.2) is 10.2 Å². The number of anilines is 1. The van der Waals surface area contributed by atoms with Crippen molar-refractivity contribution in [1.82, 2.24) is 10.7 Å². The van der Waals surface area contributed by atoms with Crippen molar-refractivity contribution in [3.05, 3.63) is 23.8 Å². The summed E-state index contributed by atoms with van der Waals surface area (Å²) in [6, 6.07) is 6.29. The van der Waals surface area contributed by atoms with Crippen LogP contribution in [0, 0.1) is 5.92 Å². The number of carbonyl (C=O) groups is 2. The number of carboxylic acids is 1. The molecule has 0 unspecified atom stereocenters. The molecule has 152 valence electrons. The number of nitrogens with zero attached hydrogens (tertiary/aromatic N) is 2. The van der Waals surface area contributed by atoms with E-state index in [9.17, 15) is 18.0 Å². The molecular weight excluding hydrogens is 381 g/mol. The monoisotopic (exact) mass is 400 g/mol. The fourth-order valence-corrected chi connectivity index (χ4v) is 3.02. The minimum Gasteiger partial charge on any atom is -0.483 e. The Labute approximate surface area is 158 Å². The lowest BCUT2D eigenvalue weighted by atomic mass is 9.83. The number of halogens is 3. The standard InChI is InChI=1S/C15H18N4O2.C2HF3O2/c1-9(11-5-16-6-11)10-2-3-13-12(4-10)19-7-15(20)18-17-14(19)8-21-13;3-2(4,5)1(6)7/h2-4,9,11,16H,5-8H2,1H3,(H,18,20);(H,6,7)/t9-;/m0./s1. The number of hydrogen-bond donors (Lipinski definition) is 3. The van der Waals surface area contributed by atoms with E-state index in [-0.39, 0.29) is 5.91 Å². The number of alkyl halides is 3. The lowest BCUT2D eigenvalue weighted by Gasteiger charge is -2.36. The van der Waals surface area contributed by atoms with Gasteiger partial charge in [0, 0.05) is 0 Å². The molecule has 1 aromatic carbocycles. The first-order valence-electron chi connectivity index (χ1n) is 8.57. The molecule has 0 spiro atoms. The van der Waals surface area contributed by atoms with E-state index in [2.05, 4.69) is 34.9 Å². The summed E-state index contributed by atoms with van der Waals surface area (Å²) in [4.78, 5) is 22.4. The van der Waals surface area contributed by atoms with Gasteiger partial charge in [-0.15, -0.1) is 0 Å². The number of carboxylic acid groups (broad SMARTS) is 1. The predicted molar refractivity (Wildman–Crippen MR) is 93.3 cm³/mol. The van der Waals surface area contributed by atoms with Crippen molar-refractivity contribution in [2.45, 2.75) is 19.0 Å². The average molecular weight is 400 g/mol. The molecular formula is C17H19F3N4O4. The molecule has 3 aliphatic heterocycles. The van der Waals surface area contributed by atoms with E-state index in [1.54, 1.807) is 0 Å². The summed E-state index contributed by atoms with van der Waals surface area (Å²) >= 11 is 0. The van der Waals surface area contributed by atoms with Crippen molar-refractivity contribution < 1.29 is 32.6 Å². The Morgan fingerprint density at radius 1 is 1.39 bits per heavy atom. The number of carbonyl (C=O) groups excluding carboxylic acids is 1. The first kappa shape index (κ1) is 19.9. The largest absolute Gasteiger partial charge is 0.490 e. The Hall–Kier alpha value is -2.82. The number of fused-ring (bicyclic) bond motifs is 3. The fraction of sp³-hybridized carbons (Fsp3) is 0.471. The maximum atomic E-state index is 11.6. The number of amidine groups is 1. The van der Waals surface area contributed by atoms with E-state index < -0.39 is 12.1 Å². The topological polar surface area (TPSA) is 103 Å². The molecule has 0 radical (unpaired) electrons. The van der Waals surface area contributed by atoms with Gasteiger partial charge in [-0.1, -0.05) is 13.0 Å². The Kier molecular flexibility index (Phi) is 5.45. The molecule has 11 heteroatoms. The second kappa shape index (κ2) is 7.66. The zero-order chi connectivity index (χ0) is 20.5. The van der Waals surface area contributed by atoms with Gasteiger partial charge >= 0.3 is 12.1 Å². The van der Waals surface area contributed by atoms with Crippen molar-refractivity contribution in [3.63, 3.8) is 0 Å². The van der Waals surface area contributed by atoms with Gasteiger partial charge in [0.15, 0.2) is 5.84 Å². The second-order valence-electron chi connectivity index (χ2n) is 6.67. The van der Waals surface area contributed by atoms with Gasteiger partial charge in [-0.2, -0.15) is 18.3 Å². The highest BCUT2D eigenvalue weighted by Gasteiger charge is 2.38. The lowest BCUT2D eigenvalue weighted by Crippen LogP contribution is -2.49. The molecule has 28 heavy (non-hydrogen) atoms. The number of amides is 1. The number of ether oxygens (including phenoxy) is 1. The first-order chi connectivity index (χ1) is 13.2. The molecule has 1 fully saturated rings. The molecule has 4 rings (SSSR count). The van der Waals surface area contributed by atoms with E-state index in [1.807, 2.05) is 11.0 Å². The van der Waals surface area contributed by atoms with Crippen molar-refractivity contribution in [3.8, 4) is 5.75 Å². The molecule has 1 amide bonds. The Balaban J connectivity index is 0.000000279. The van der Waals surface area contributed by atoms with Gasteiger partial charge in [0.2, 0.25) is 0 Å². The third-order valence-corrected chi connectivity index (χ3v) is 4.84. The number of hydrazone groups is 1. The van der Waals surface area contributed by atoms with Crippen LogP contribution in [0.25, 0.3) is 0 Å². The zero-order valence-electron chi connectivity index (χ0n) is 14.9. The molecule has 8 nitrogen and oxygen atoms in total. The molecule has 3 heterocycles. The normalized spacial score (nSPS) is 19.5. The van der Waals surface area contributed by atoms with Crippen LogP contribution in [-0.4, -0.2) is 55.2 Å². The summed E-state index contributed by atoms with van der Waals surface area (Å²) < 4.78 is 37.5. The molecule has 0 saturated carbocycles. The highest BCUT2D eigenvalue weighted by molar-refractivity contribution is 6.07. The van der Waals surface area contributed by atoms with Crippen LogP contribution in [0.3, 0.4) is 0 Å². The van der Waals surface area contributed by atoms with Gasteiger partial charge in [-0.3, -0.25) is 4.79 Å². The Morgan fingerprint density at radius 3 is 2.64 bits per heavy atom. The van der Waals surface area contributed by atoms with E-state index >= 15 is 0 Å². The SMILES string of the molecule is C[C@@H](c1ccc2c(c1)N1CC(=O)NN=C1CO2)C1CNC1.O=C(O)C(F)(F)F. The first-order valence-corrected chi connectivity index (χ1v) is 8.57. The van der Waals surface area contributed by atoms with Gasteiger partial charge in [0.25, 0.3) is 5.91 Å². The maximum absolute atomic E-state index is 11.6. The van der Waals surface area contributed by atoms with Crippen molar-refractivity contribution in [2.24, 2.45) is 11.0 Å². The summed E-state index contributed by atoms with van der Waals surface area (Å²) in [7, 11) is 0. The van der Waals surface area contributed by atoms with Gasteiger partial charge in [0.05, 0.1) is 5.69 Å². The minimum atomic E-state index is -5.08. The van der Waals surface area contributed by atoms with Crippen LogP contribution in [0.1, 0.15) is 18.4 Å². The molecule has 1 saturated heterocycles. The summed E-state index contributed by atoms with van der Waals surface area (Å²) in [6.07, 6.45) is -5.08. The van der Waals surface area contributed by atoms with Crippen LogP contribution in [-0.2, 0) is 9.59 Å². The summed E-state index contributed by atoms with van der Waals surface area (Å²) in [6.45, 7) is 5.11. The van der Waals surface area contributed by atoms with Crippen molar-refractivity contribution in [2.75, 3.05) is 31.1 Å². The van der Waals surface area contributed by atoms with Crippen LogP contribution in [0.2, 0.25) is 0 Å². The van der Waals surface area contributed by atoms with Crippen molar-refractivity contribution in [1.29, 1.82) is 0 Å². The zero-order valence-corrected chi connectivity index (χ0v) is 14.9. The molecule has 0 aromatic heterocycles. The number of rotatable bonds is 2. The smallest absolute Gasteiger partial charge is 0.483 e. The molecule has 1 atom stereocenters. The van der Waals surface area contributed by atoms with Crippen LogP contribution in [0.5, 0.6) is 5.75 Å². The van der Waals surface area contributed by atoms with Crippen molar-refractivity contribution >= 4 is 23.4 Å². The highest BCUT2D eigenvalue weighted by atomic mass is 19.4. The van der Waals surface area contributed by atoms with E-state index in [4.69, 9.17) is 14.6 Å². The predicted octanol–water partition coefficient (Wildman–Crippen LogP) is 1.28. The molecule has 1 aromatic rings. The highest BCUT2D eigenvalue weighted by Crippen LogP contribution is 2.37. The second-order valence-corrected chi connectivity index (χ2v) is 6.67. The molecule has 3 aliphatic rings. The number of nitrogens with one attached hydrogen (secondary N) is 2. The number of benzene rings is 1. The molecule has 0 aliphatic carbocycles. The Bertz CT molecular complexity index is 808. The van der Waals surface area contributed by atoms with Crippen LogP contribution < -0.4 is 20.4 Å². The lowest BCUT2D eigenvalue weighted by molar-refractivity contribution is -0.192. The van der Waals surface area contributed by atoms with E-state index in [0.29, 0.717) is 25.0 Å². The maximum Gasteiger partial charge on any atom is 0.490 e. The average Bonchev–Trinajstić information content (AvgIpc) is 2.59. The van der Waals surface area contributed by atoms with Crippen LogP contribution in [0.4, 0.5) is 18.9 Å². The summed E-state index contributed by atoms with van der Waals surface area (Å²) in [5.41, 5.74) is 4.74. The van der Waals surface area contributed by atoms with Gasteiger partial charge in [0.1, 0.15) is 18.9 Å². The summed E-state index contributed by atoms with van der Waals surface area (Å²) in [5.74, 6) is -0.0767. The van der Waals surface area contributed by atoms with Crippen LogP contribution in [0.15, 0.2) is 23.3 Å².